The van der Waals surface area contributed by atoms with Crippen LogP contribution in [0.1, 0.15) is 0 Å². The van der Waals surface area contributed by atoms with Crippen molar-refractivity contribution < 1.29 is 16.8 Å². The Morgan fingerprint density at radius 1 is 1.12 bits per heavy atom. The van der Waals surface area contributed by atoms with Crippen LogP contribution in [0.3, 0.4) is 0 Å². The van der Waals surface area contributed by atoms with Crippen LogP contribution < -0.4 is 0 Å². The molecule has 0 N–H and O–H groups in total. The molecule has 16 heavy (non-hydrogen) atoms. The quantitative estimate of drug-likeness (QED) is 0.547. The minimum absolute atomic E-state index is 0.0483. The van der Waals surface area contributed by atoms with Crippen LogP contribution in [0.4, 0.5) is 0 Å². The first kappa shape index (κ1) is 14.6. The van der Waals surface area contributed by atoms with Gasteiger partial charge in [0, 0.05) is 0 Å². The Morgan fingerprint density at radius 3 is 2.12 bits per heavy atom. The normalized spacial score (nSPS) is 13.0. The molecule has 9 heteroatoms. The molecule has 0 spiro atoms. The topological polar surface area (TPSA) is 68.3 Å². The van der Waals surface area contributed by atoms with Crippen LogP contribution in [0.25, 0.3) is 0 Å². The predicted molar refractivity (Wildman–Crippen MR) is 71.7 cm³/mol. The maximum Gasteiger partial charge on any atom is 0.239 e. The molecule has 0 atom stereocenters. The van der Waals surface area contributed by atoms with Gasteiger partial charge >= 0.3 is 0 Å². The molecular weight excluding hydrogens is 452 g/mol. The van der Waals surface area contributed by atoms with Gasteiger partial charge in [0.25, 0.3) is 0 Å². The number of halogens is 3. The highest BCUT2D eigenvalue weighted by molar-refractivity contribution is 9.42. The first-order chi connectivity index (χ1) is 7.16. The first-order valence-electron chi connectivity index (χ1n) is 3.72. The molecule has 0 heterocycles. The number of rotatable bonds is 2. The molecular formula is C7H5Br3O4S2. The zero-order chi connectivity index (χ0) is 12.6. The molecule has 0 bridgehead atoms. The zero-order valence-electron chi connectivity index (χ0n) is 7.43. The Morgan fingerprint density at radius 2 is 1.69 bits per heavy atom. The summed E-state index contributed by atoms with van der Waals surface area (Å²) in [5, 5.41) is 0. The predicted octanol–water partition coefficient (Wildman–Crippen LogP) is 2.23. The minimum Gasteiger partial charge on any atom is -0.227 e. The van der Waals surface area contributed by atoms with E-state index in [1.165, 1.54) is 18.2 Å². The Hall–Kier alpha value is 0.560. The van der Waals surface area contributed by atoms with Crippen molar-refractivity contribution in [3.05, 3.63) is 24.3 Å². The highest BCUT2D eigenvalue weighted by Crippen LogP contribution is 2.43. The summed E-state index contributed by atoms with van der Waals surface area (Å²) < 4.78 is 43.7. The molecule has 0 aliphatic rings. The Labute approximate surface area is 120 Å². The van der Waals surface area contributed by atoms with E-state index < -0.39 is 22.0 Å². The van der Waals surface area contributed by atoms with Gasteiger partial charge in [0.2, 0.25) is 11.3 Å². The second-order valence-electron chi connectivity index (χ2n) is 2.70. The lowest BCUT2D eigenvalue weighted by Crippen LogP contribution is -2.17. The molecule has 0 aliphatic heterocycles. The minimum atomic E-state index is -3.75. The third-order valence-corrected chi connectivity index (χ3v) is 7.66. The van der Waals surface area contributed by atoms with E-state index in [1.54, 1.807) is 0 Å². The molecule has 90 valence electrons. The van der Waals surface area contributed by atoms with Crippen LogP contribution in [0.15, 0.2) is 34.1 Å². The highest BCUT2D eigenvalue weighted by atomic mass is 80.0. The Bertz CT molecular complexity index is 564. The second-order valence-corrected chi connectivity index (χ2v) is 14.2. The van der Waals surface area contributed by atoms with E-state index in [0.717, 1.165) is 6.07 Å². The Balaban J connectivity index is 3.42. The molecule has 0 aromatic heterocycles. The maximum absolute atomic E-state index is 11.9. The van der Waals surface area contributed by atoms with Crippen molar-refractivity contribution in [2.24, 2.45) is 0 Å². The third kappa shape index (κ3) is 3.06. The van der Waals surface area contributed by atoms with E-state index in [1.807, 2.05) is 0 Å². The van der Waals surface area contributed by atoms with E-state index in [2.05, 4.69) is 47.8 Å². The van der Waals surface area contributed by atoms with Gasteiger partial charge in [0.05, 0.1) is 9.79 Å². The number of benzene rings is 1. The van der Waals surface area contributed by atoms with Gasteiger partial charge in [-0.15, -0.1) is 0 Å². The van der Waals surface area contributed by atoms with E-state index in [-0.39, 0.29) is 9.79 Å². The molecule has 1 aromatic rings. The summed E-state index contributed by atoms with van der Waals surface area (Å²) in [4.78, 5) is -0.150. The van der Waals surface area contributed by atoms with Gasteiger partial charge in [-0.2, -0.15) is 0 Å². The van der Waals surface area contributed by atoms with Crippen molar-refractivity contribution in [3.63, 3.8) is 0 Å². The van der Waals surface area contributed by atoms with Crippen molar-refractivity contribution in [1.29, 1.82) is 0 Å². The van der Waals surface area contributed by atoms with Gasteiger partial charge in [-0.05, 0) is 66.0 Å². The van der Waals surface area contributed by atoms with Crippen LogP contribution >= 0.6 is 47.8 Å². The number of thiol groups is 1. The molecule has 1 rings (SSSR count). The number of hydrogen-bond acceptors (Lipinski definition) is 4. The fraction of sp³-hybridized carbons (Fsp3) is 0.143. The zero-order valence-corrected chi connectivity index (χ0v) is 13.9. The SMILES string of the molecule is O=[SH](=O)c1cccc(S(=O)(=O)C(Br)(Br)Br)c1. The van der Waals surface area contributed by atoms with Gasteiger partial charge in [-0.3, -0.25) is 0 Å². The lowest BCUT2D eigenvalue weighted by molar-refractivity contribution is 0.598. The van der Waals surface area contributed by atoms with Crippen molar-refractivity contribution in [2.75, 3.05) is 0 Å². The van der Waals surface area contributed by atoms with Crippen molar-refractivity contribution in [2.45, 2.75) is 11.3 Å². The van der Waals surface area contributed by atoms with E-state index in [9.17, 15) is 16.8 Å². The fourth-order valence-electron chi connectivity index (χ4n) is 0.898. The van der Waals surface area contributed by atoms with E-state index in [4.69, 9.17) is 0 Å². The standard InChI is InChI=1S/C7H5Br3O4S2/c8-7(9,10)16(13,14)6-3-1-2-5(4-6)15(11)12/h1-4,15H. The summed E-state index contributed by atoms with van der Waals surface area (Å²) in [5.41, 5.74) is 0. The molecule has 0 unspecified atom stereocenters. The van der Waals surface area contributed by atoms with Crippen LogP contribution in [-0.2, 0) is 20.5 Å². The molecule has 1 aromatic carbocycles. The van der Waals surface area contributed by atoms with Crippen LogP contribution in [0, 0.1) is 0 Å². The van der Waals surface area contributed by atoms with Gasteiger partial charge in [-0.25, -0.2) is 16.8 Å². The third-order valence-electron chi connectivity index (χ3n) is 1.64. The summed E-state index contributed by atoms with van der Waals surface area (Å²) >= 11 is 8.68. The second kappa shape index (κ2) is 5.05. The van der Waals surface area contributed by atoms with E-state index in [0.29, 0.717) is 0 Å². The van der Waals surface area contributed by atoms with Gasteiger partial charge < -0.3 is 0 Å². The van der Waals surface area contributed by atoms with Crippen LogP contribution in [-0.4, -0.2) is 18.3 Å². The van der Waals surface area contributed by atoms with Crippen molar-refractivity contribution >= 4 is 68.3 Å². The number of alkyl halides is 3. The largest absolute Gasteiger partial charge is 0.239 e. The van der Waals surface area contributed by atoms with Crippen molar-refractivity contribution in [3.8, 4) is 0 Å². The molecule has 0 saturated carbocycles. The smallest absolute Gasteiger partial charge is 0.227 e. The molecule has 0 radical (unpaired) electrons. The fourth-order valence-corrected chi connectivity index (χ4v) is 3.93. The summed E-state index contributed by atoms with van der Waals surface area (Å²) in [5.74, 6) is 0. The average Bonchev–Trinajstić information content (AvgIpc) is 2.16. The molecule has 0 saturated heterocycles. The summed E-state index contributed by atoms with van der Waals surface area (Å²) in [6.45, 7) is 0. The molecule has 0 amide bonds. The van der Waals surface area contributed by atoms with Gasteiger partial charge in [-0.1, -0.05) is 6.07 Å². The van der Waals surface area contributed by atoms with Crippen LogP contribution in [0.2, 0.25) is 0 Å². The molecule has 4 nitrogen and oxygen atoms in total. The molecule has 0 aliphatic carbocycles. The number of hydrogen-bond donors (Lipinski definition) is 1. The van der Waals surface area contributed by atoms with Crippen LogP contribution in [0.5, 0.6) is 0 Å². The summed E-state index contributed by atoms with van der Waals surface area (Å²) in [6.07, 6.45) is 0. The van der Waals surface area contributed by atoms with Crippen molar-refractivity contribution in [1.82, 2.24) is 0 Å². The average molecular weight is 457 g/mol. The maximum atomic E-state index is 11.9. The lowest BCUT2D eigenvalue weighted by atomic mass is 10.4. The van der Waals surface area contributed by atoms with Gasteiger partial charge in [0.1, 0.15) is 0 Å². The number of sulfone groups is 1. The summed E-state index contributed by atoms with van der Waals surface area (Å²) in [7, 11) is -6.56. The molecule has 0 fully saturated rings. The monoisotopic (exact) mass is 454 g/mol. The lowest BCUT2D eigenvalue weighted by Gasteiger charge is -2.13. The van der Waals surface area contributed by atoms with Gasteiger partial charge in [0.15, 0.2) is 10.7 Å². The van der Waals surface area contributed by atoms with E-state index >= 15 is 0 Å². The Kier molecular flexibility index (Phi) is 4.61. The highest BCUT2D eigenvalue weighted by Gasteiger charge is 2.37. The first-order valence-corrected chi connectivity index (χ1v) is 8.76. The summed E-state index contributed by atoms with van der Waals surface area (Å²) in [6, 6.07) is 5.10.